The lowest BCUT2D eigenvalue weighted by molar-refractivity contribution is 0.293. The predicted octanol–water partition coefficient (Wildman–Crippen LogP) is 1.76. The Morgan fingerprint density at radius 2 is 2.28 bits per heavy atom. The molecule has 0 unspecified atom stereocenters. The molecule has 0 spiro atoms. The van der Waals surface area contributed by atoms with Crippen molar-refractivity contribution in [3.8, 4) is 0 Å². The number of aromatic nitrogens is 1. The van der Waals surface area contributed by atoms with Crippen molar-refractivity contribution in [1.82, 2.24) is 15.6 Å². The molecule has 2 aromatic rings. The minimum absolute atomic E-state index is 0.599. The lowest BCUT2D eigenvalue weighted by Crippen LogP contribution is -2.52. The van der Waals surface area contributed by atoms with Gasteiger partial charge in [-0.15, -0.1) is 0 Å². The van der Waals surface area contributed by atoms with Gasteiger partial charge in [-0.2, -0.15) is 0 Å². The SMILES string of the molecule is CN[C@@H]1CN[C@@H]2Cc3c[nH]c4cccc(c34)[C@H]2C1. The average molecular weight is 241 g/mol. The Balaban J connectivity index is 1.85. The number of likely N-dealkylation sites (N-methyl/N-ethyl adjacent to an activating group) is 1. The molecule has 2 aliphatic rings. The van der Waals surface area contributed by atoms with Crippen LogP contribution in [0.3, 0.4) is 0 Å². The van der Waals surface area contributed by atoms with E-state index in [0.29, 0.717) is 18.0 Å². The summed E-state index contributed by atoms with van der Waals surface area (Å²) in [5, 5.41) is 8.62. The highest BCUT2D eigenvalue weighted by molar-refractivity contribution is 5.88. The minimum atomic E-state index is 0.599. The molecule has 18 heavy (non-hydrogen) atoms. The van der Waals surface area contributed by atoms with Gasteiger partial charge in [-0.05, 0) is 37.1 Å². The highest BCUT2D eigenvalue weighted by Crippen LogP contribution is 2.40. The summed E-state index contributed by atoms with van der Waals surface area (Å²) >= 11 is 0. The van der Waals surface area contributed by atoms with Gasteiger partial charge in [0.25, 0.3) is 0 Å². The van der Waals surface area contributed by atoms with Crippen LogP contribution in [0.1, 0.15) is 23.5 Å². The molecule has 0 radical (unpaired) electrons. The van der Waals surface area contributed by atoms with Crippen molar-refractivity contribution in [2.75, 3.05) is 13.6 Å². The molecule has 1 aliphatic heterocycles. The van der Waals surface area contributed by atoms with Crippen molar-refractivity contribution in [2.24, 2.45) is 0 Å². The number of nitrogens with one attached hydrogen (secondary N) is 3. The maximum Gasteiger partial charge on any atom is 0.0459 e. The third-order valence-electron chi connectivity index (χ3n) is 4.72. The van der Waals surface area contributed by atoms with Gasteiger partial charge >= 0.3 is 0 Å². The number of rotatable bonds is 1. The summed E-state index contributed by atoms with van der Waals surface area (Å²) in [6.45, 7) is 1.09. The number of piperidine rings is 1. The summed E-state index contributed by atoms with van der Waals surface area (Å²) in [5.74, 6) is 0.656. The first kappa shape index (κ1) is 10.6. The van der Waals surface area contributed by atoms with Gasteiger partial charge in [0.15, 0.2) is 0 Å². The molecule has 3 heteroatoms. The first-order valence-corrected chi connectivity index (χ1v) is 6.86. The molecule has 1 aromatic heterocycles. The molecule has 1 saturated heterocycles. The molecule has 1 aliphatic carbocycles. The number of hydrogen-bond donors (Lipinski definition) is 3. The molecular formula is C15H19N3. The maximum absolute atomic E-state index is 3.72. The Kier molecular flexibility index (Phi) is 2.26. The molecule has 2 heterocycles. The topological polar surface area (TPSA) is 39.8 Å². The van der Waals surface area contributed by atoms with E-state index >= 15 is 0 Å². The standard InChI is InChI=1S/C15H19N3/c1-16-10-6-12-11-3-2-4-13-15(11)9(7-17-13)5-14(12)18-8-10/h2-4,7,10,12,14,16-18H,5-6,8H2,1H3/t10-,12+,14+/m0/s1. The van der Waals surface area contributed by atoms with E-state index in [9.17, 15) is 0 Å². The molecular weight excluding hydrogens is 222 g/mol. The Morgan fingerprint density at radius 1 is 1.33 bits per heavy atom. The maximum atomic E-state index is 3.72. The van der Waals surface area contributed by atoms with Crippen LogP contribution in [0.2, 0.25) is 0 Å². The van der Waals surface area contributed by atoms with Gasteiger partial charge in [-0.3, -0.25) is 0 Å². The van der Waals surface area contributed by atoms with E-state index in [1.807, 2.05) is 0 Å². The number of benzene rings is 1. The summed E-state index contributed by atoms with van der Waals surface area (Å²) in [4.78, 5) is 3.41. The zero-order valence-electron chi connectivity index (χ0n) is 10.7. The van der Waals surface area contributed by atoms with Crippen molar-refractivity contribution in [2.45, 2.75) is 30.8 Å². The fraction of sp³-hybridized carbons (Fsp3) is 0.467. The second-order valence-corrected chi connectivity index (χ2v) is 5.63. The van der Waals surface area contributed by atoms with Crippen LogP contribution in [0.4, 0.5) is 0 Å². The van der Waals surface area contributed by atoms with Gasteiger partial charge in [-0.25, -0.2) is 0 Å². The van der Waals surface area contributed by atoms with Crippen molar-refractivity contribution in [3.05, 3.63) is 35.5 Å². The smallest absolute Gasteiger partial charge is 0.0459 e. The zero-order valence-corrected chi connectivity index (χ0v) is 10.7. The highest BCUT2D eigenvalue weighted by atomic mass is 15.0. The zero-order chi connectivity index (χ0) is 12.1. The lowest BCUT2D eigenvalue weighted by atomic mass is 9.75. The van der Waals surface area contributed by atoms with E-state index in [2.05, 4.69) is 47.1 Å². The van der Waals surface area contributed by atoms with Gasteiger partial charge in [0.2, 0.25) is 0 Å². The molecule has 0 saturated carbocycles. The van der Waals surface area contributed by atoms with E-state index in [1.54, 1.807) is 0 Å². The van der Waals surface area contributed by atoms with Crippen LogP contribution >= 0.6 is 0 Å². The Labute approximate surface area is 107 Å². The number of fused-ring (bicyclic) bond motifs is 2. The normalized spacial score (nSPS) is 30.4. The van der Waals surface area contributed by atoms with Crippen LogP contribution in [0.5, 0.6) is 0 Å². The van der Waals surface area contributed by atoms with Crippen LogP contribution in [-0.2, 0) is 6.42 Å². The van der Waals surface area contributed by atoms with E-state index in [4.69, 9.17) is 0 Å². The third-order valence-corrected chi connectivity index (χ3v) is 4.72. The van der Waals surface area contributed by atoms with Crippen LogP contribution in [0.25, 0.3) is 10.9 Å². The molecule has 4 rings (SSSR count). The summed E-state index contributed by atoms with van der Waals surface area (Å²) in [7, 11) is 2.07. The molecule has 0 bridgehead atoms. The number of H-pyrrole nitrogens is 1. The predicted molar refractivity (Wildman–Crippen MR) is 74.0 cm³/mol. The van der Waals surface area contributed by atoms with E-state index in [-0.39, 0.29) is 0 Å². The van der Waals surface area contributed by atoms with Crippen molar-refractivity contribution in [1.29, 1.82) is 0 Å². The largest absolute Gasteiger partial charge is 0.361 e. The third kappa shape index (κ3) is 1.38. The Morgan fingerprint density at radius 3 is 3.17 bits per heavy atom. The first-order valence-electron chi connectivity index (χ1n) is 6.86. The molecule has 3 N–H and O–H groups in total. The highest BCUT2D eigenvalue weighted by Gasteiger charge is 2.35. The summed E-state index contributed by atoms with van der Waals surface area (Å²) in [6.07, 6.45) is 4.60. The molecule has 1 aromatic carbocycles. The van der Waals surface area contributed by atoms with Crippen molar-refractivity contribution >= 4 is 10.9 Å². The van der Waals surface area contributed by atoms with Gasteiger partial charge in [0.1, 0.15) is 0 Å². The fourth-order valence-corrected chi connectivity index (χ4v) is 3.76. The molecule has 1 fully saturated rings. The fourth-order valence-electron chi connectivity index (χ4n) is 3.76. The summed E-state index contributed by atoms with van der Waals surface area (Å²) in [5.41, 5.74) is 4.32. The molecule has 3 atom stereocenters. The first-order chi connectivity index (χ1) is 8.86. The van der Waals surface area contributed by atoms with Gasteiger partial charge in [0.05, 0.1) is 0 Å². The number of aromatic amines is 1. The Bertz CT molecular complexity index is 586. The number of hydrogen-bond acceptors (Lipinski definition) is 2. The van der Waals surface area contributed by atoms with Crippen LogP contribution in [0.15, 0.2) is 24.4 Å². The lowest BCUT2D eigenvalue weighted by Gasteiger charge is -2.40. The van der Waals surface area contributed by atoms with Crippen molar-refractivity contribution < 1.29 is 0 Å². The van der Waals surface area contributed by atoms with Gasteiger partial charge < -0.3 is 15.6 Å². The van der Waals surface area contributed by atoms with E-state index in [1.165, 1.54) is 28.5 Å². The van der Waals surface area contributed by atoms with Crippen LogP contribution < -0.4 is 10.6 Å². The van der Waals surface area contributed by atoms with Gasteiger partial charge in [-0.1, -0.05) is 12.1 Å². The molecule has 94 valence electrons. The average Bonchev–Trinajstić information content (AvgIpc) is 2.83. The summed E-state index contributed by atoms with van der Waals surface area (Å²) in [6, 6.07) is 7.90. The molecule has 0 amide bonds. The summed E-state index contributed by atoms with van der Waals surface area (Å²) < 4.78 is 0. The monoisotopic (exact) mass is 241 g/mol. The second kappa shape index (κ2) is 3.84. The van der Waals surface area contributed by atoms with Crippen LogP contribution in [0, 0.1) is 0 Å². The quantitative estimate of drug-likeness (QED) is 0.712. The van der Waals surface area contributed by atoms with Crippen molar-refractivity contribution in [3.63, 3.8) is 0 Å². The minimum Gasteiger partial charge on any atom is -0.361 e. The Hall–Kier alpha value is -1.32. The van der Waals surface area contributed by atoms with E-state index in [0.717, 1.165) is 13.0 Å². The van der Waals surface area contributed by atoms with Gasteiger partial charge in [0, 0.05) is 41.6 Å². The second-order valence-electron chi connectivity index (χ2n) is 5.63. The van der Waals surface area contributed by atoms with E-state index < -0.39 is 0 Å². The molecule has 3 nitrogen and oxygen atoms in total. The van der Waals surface area contributed by atoms with Crippen LogP contribution in [-0.4, -0.2) is 30.7 Å².